The summed E-state index contributed by atoms with van der Waals surface area (Å²) in [5.41, 5.74) is 0.924. The zero-order chi connectivity index (χ0) is 13.2. The lowest BCUT2D eigenvalue weighted by molar-refractivity contribution is 0.108. The van der Waals surface area contributed by atoms with Crippen molar-refractivity contribution in [2.75, 3.05) is 26.4 Å². The summed E-state index contributed by atoms with van der Waals surface area (Å²) < 4.78 is 10.6. The summed E-state index contributed by atoms with van der Waals surface area (Å²) in [4.78, 5) is 8.48. The third-order valence-electron chi connectivity index (χ3n) is 2.22. The summed E-state index contributed by atoms with van der Waals surface area (Å²) in [5.74, 6) is 1.18. The van der Waals surface area contributed by atoms with Crippen LogP contribution in [0.1, 0.15) is 26.5 Å². The summed E-state index contributed by atoms with van der Waals surface area (Å²) in [7, 11) is 0. The first-order chi connectivity index (χ1) is 8.72. The molecule has 0 bridgehead atoms. The van der Waals surface area contributed by atoms with Crippen molar-refractivity contribution < 1.29 is 9.47 Å². The molecule has 0 atom stereocenters. The van der Waals surface area contributed by atoms with E-state index in [1.54, 1.807) is 12.4 Å². The molecule has 1 aromatic heterocycles. The number of hydrogen-bond acceptors (Lipinski definition) is 5. The third kappa shape index (κ3) is 6.51. The van der Waals surface area contributed by atoms with Crippen LogP contribution in [0.25, 0.3) is 0 Å². The van der Waals surface area contributed by atoms with Gasteiger partial charge in [0.2, 0.25) is 5.88 Å². The molecule has 18 heavy (non-hydrogen) atoms. The average Bonchev–Trinajstić information content (AvgIpc) is 2.36. The predicted molar refractivity (Wildman–Crippen MR) is 70.6 cm³/mol. The third-order valence-corrected chi connectivity index (χ3v) is 2.22. The maximum atomic E-state index is 5.39. The molecule has 1 rings (SSSR count). The van der Waals surface area contributed by atoms with E-state index >= 15 is 0 Å². The Bertz CT molecular complexity index is 315. The number of ether oxygens (including phenoxy) is 2. The van der Waals surface area contributed by atoms with Crippen molar-refractivity contribution in [3.63, 3.8) is 0 Å². The second-order valence-corrected chi connectivity index (χ2v) is 4.42. The Morgan fingerprint density at radius 2 is 2.06 bits per heavy atom. The van der Waals surface area contributed by atoms with Crippen LogP contribution in [-0.2, 0) is 11.3 Å². The molecule has 1 heterocycles. The molecule has 5 heteroatoms. The molecule has 0 saturated heterocycles. The fourth-order valence-corrected chi connectivity index (χ4v) is 1.35. The van der Waals surface area contributed by atoms with Crippen molar-refractivity contribution in [1.82, 2.24) is 15.3 Å². The molecule has 1 N–H and O–H groups in total. The van der Waals surface area contributed by atoms with Gasteiger partial charge in [-0.15, -0.1) is 0 Å². The first kappa shape index (κ1) is 14.9. The SMILES string of the molecule is CCOCCOc1cnc(CNCC(C)C)cn1. The minimum atomic E-state index is 0.507. The number of aromatic nitrogens is 2. The highest BCUT2D eigenvalue weighted by atomic mass is 16.5. The lowest BCUT2D eigenvalue weighted by atomic mass is 10.2. The average molecular weight is 253 g/mol. The molecule has 1 aromatic rings. The van der Waals surface area contributed by atoms with Crippen molar-refractivity contribution in [2.24, 2.45) is 5.92 Å². The molecule has 0 aromatic carbocycles. The van der Waals surface area contributed by atoms with Crippen molar-refractivity contribution in [1.29, 1.82) is 0 Å². The lowest BCUT2D eigenvalue weighted by Gasteiger charge is -2.07. The van der Waals surface area contributed by atoms with Crippen molar-refractivity contribution >= 4 is 0 Å². The van der Waals surface area contributed by atoms with Gasteiger partial charge in [-0.1, -0.05) is 13.8 Å². The molecular formula is C13H23N3O2. The summed E-state index contributed by atoms with van der Waals surface area (Å²) in [6.45, 7) is 9.82. The molecule has 0 aliphatic heterocycles. The second-order valence-electron chi connectivity index (χ2n) is 4.42. The van der Waals surface area contributed by atoms with Crippen LogP contribution >= 0.6 is 0 Å². The fourth-order valence-electron chi connectivity index (χ4n) is 1.35. The van der Waals surface area contributed by atoms with Gasteiger partial charge in [0, 0.05) is 13.2 Å². The normalized spacial score (nSPS) is 10.9. The van der Waals surface area contributed by atoms with Gasteiger partial charge in [0.1, 0.15) is 6.61 Å². The van der Waals surface area contributed by atoms with Crippen LogP contribution in [0.5, 0.6) is 5.88 Å². The van der Waals surface area contributed by atoms with Gasteiger partial charge in [-0.2, -0.15) is 0 Å². The van der Waals surface area contributed by atoms with Crippen LogP contribution in [0.3, 0.4) is 0 Å². The maximum absolute atomic E-state index is 5.39. The lowest BCUT2D eigenvalue weighted by Crippen LogP contribution is -2.19. The monoisotopic (exact) mass is 253 g/mol. The van der Waals surface area contributed by atoms with Gasteiger partial charge in [-0.05, 0) is 19.4 Å². The highest BCUT2D eigenvalue weighted by molar-refractivity contribution is 5.07. The Morgan fingerprint density at radius 3 is 2.67 bits per heavy atom. The molecule has 0 amide bonds. The van der Waals surface area contributed by atoms with Gasteiger partial charge in [0.15, 0.2) is 0 Å². The topological polar surface area (TPSA) is 56.3 Å². The van der Waals surface area contributed by atoms with E-state index in [1.165, 1.54) is 0 Å². The molecule has 0 saturated carbocycles. The number of hydrogen-bond donors (Lipinski definition) is 1. The zero-order valence-electron chi connectivity index (χ0n) is 11.5. The second kappa shape index (κ2) is 8.83. The van der Waals surface area contributed by atoms with E-state index in [9.17, 15) is 0 Å². The van der Waals surface area contributed by atoms with Crippen molar-refractivity contribution in [2.45, 2.75) is 27.3 Å². The number of rotatable bonds is 9. The van der Waals surface area contributed by atoms with Crippen LogP contribution in [-0.4, -0.2) is 36.3 Å². The molecule has 102 valence electrons. The van der Waals surface area contributed by atoms with Gasteiger partial charge in [0.05, 0.1) is 24.7 Å². The molecule has 0 fully saturated rings. The van der Waals surface area contributed by atoms with Gasteiger partial charge in [-0.25, -0.2) is 4.98 Å². The van der Waals surface area contributed by atoms with Crippen molar-refractivity contribution in [3.8, 4) is 5.88 Å². The van der Waals surface area contributed by atoms with Crippen molar-refractivity contribution in [3.05, 3.63) is 18.1 Å². The zero-order valence-corrected chi connectivity index (χ0v) is 11.5. The number of nitrogens with zero attached hydrogens (tertiary/aromatic N) is 2. The van der Waals surface area contributed by atoms with Gasteiger partial charge < -0.3 is 14.8 Å². The van der Waals surface area contributed by atoms with E-state index < -0.39 is 0 Å². The standard InChI is InChI=1S/C13H23N3O2/c1-4-17-5-6-18-13-10-15-12(9-16-13)8-14-7-11(2)3/h9-11,14H,4-8H2,1-3H3. The molecule has 0 aliphatic rings. The highest BCUT2D eigenvalue weighted by Crippen LogP contribution is 2.03. The first-order valence-electron chi connectivity index (χ1n) is 6.44. The largest absolute Gasteiger partial charge is 0.474 e. The maximum Gasteiger partial charge on any atom is 0.232 e. The Hall–Kier alpha value is -1.20. The van der Waals surface area contributed by atoms with Crippen LogP contribution in [0.15, 0.2) is 12.4 Å². The Labute approximate surface area is 109 Å². The summed E-state index contributed by atoms with van der Waals surface area (Å²) in [6, 6.07) is 0. The Balaban J connectivity index is 2.24. The Morgan fingerprint density at radius 1 is 1.22 bits per heavy atom. The van der Waals surface area contributed by atoms with E-state index in [-0.39, 0.29) is 0 Å². The van der Waals surface area contributed by atoms with E-state index in [2.05, 4.69) is 29.1 Å². The molecule has 5 nitrogen and oxygen atoms in total. The summed E-state index contributed by atoms with van der Waals surface area (Å²) >= 11 is 0. The number of nitrogens with one attached hydrogen (secondary N) is 1. The van der Waals surface area contributed by atoms with E-state index in [0.29, 0.717) is 31.6 Å². The molecule has 0 radical (unpaired) electrons. The Kier molecular flexibility index (Phi) is 7.29. The van der Waals surface area contributed by atoms with Gasteiger partial charge >= 0.3 is 0 Å². The molecule has 0 spiro atoms. The minimum Gasteiger partial charge on any atom is -0.474 e. The van der Waals surface area contributed by atoms with Gasteiger partial charge in [-0.3, -0.25) is 4.98 Å². The highest BCUT2D eigenvalue weighted by Gasteiger charge is 1.99. The van der Waals surface area contributed by atoms with Crippen LogP contribution in [0, 0.1) is 5.92 Å². The molecule has 0 aliphatic carbocycles. The molecular weight excluding hydrogens is 230 g/mol. The predicted octanol–water partition coefficient (Wildman–Crippen LogP) is 1.64. The molecule has 0 unspecified atom stereocenters. The van der Waals surface area contributed by atoms with Gasteiger partial charge in [0.25, 0.3) is 0 Å². The smallest absolute Gasteiger partial charge is 0.232 e. The summed E-state index contributed by atoms with van der Waals surface area (Å²) in [5, 5.41) is 3.32. The minimum absolute atomic E-state index is 0.507. The first-order valence-corrected chi connectivity index (χ1v) is 6.44. The summed E-state index contributed by atoms with van der Waals surface area (Å²) in [6.07, 6.45) is 3.39. The van der Waals surface area contributed by atoms with Crippen LogP contribution < -0.4 is 10.1 Å². The van der Waals surface area contributed by atoms with Crippen LogP contribution in [0.4, 0.5) is 0 Å². The van der Waals surface area contributed by atoms with E-state index in [1.807, 2.05) is 6.92 Å². The van der Waals surface area contributed by atoms with E-state index in [4.69, 9.17) is 9.47 Å². The fraction of sp³-hybridized carbons (Fsp3) is 0.692. The van der Waals surface area contributed by atoms with E-state index in [0.717, 1.165) is 18.8 Å². The van der Waals surface area contributed by atoms with Crippen LogP contribution in [0.2, 0.25) is 0 Å². The quantitative estimate of drug-likeness (QED) is 0.678.